The van der Waals surface area contributed by atoms with Crippen molar-refractivity contribution in [3.8, 4) is 0 Å². The second-order valence-corrected chi connectivity index (χ2v) is 8.84. The van der Waals surface area contributed by atoms with Crippen LogP contribution in [0.2, 0.25) is 0 Å². The van der Waals surface area contributed by atoms with E-state index in [9.17, 15) is 19.2 Å². The zero-order chi connectivity index (χ0) is 24.2. The molecule has 2 heterocycles. The number of likely N-dealkylation sites (tertiary alicyclic amines) is 1. The number of nitrogens with zero attached hydrogens (tertiary/aromatic N) is 3. The molecule has 8 nitrogen and oxygen atoms in total. The molecule has 2 aliphatic heterocycles. The van der Waals surface area contributed by atoms with Crippen LogP contribution in [0.3, 0.4) is 0 Å². The molecule has 0 saturated carbocycles. The van der Waals surface area contributed by atoms with E-state index in [1.54, 1.807) is 18.2 Å². The molecule has 0 bridgehead atoms. The fourth-order valence-electron chi connectivity index (χ4n) is 4.70. The number of imide groups is 1. The minimum atomic E-state index is -0.361. The van der Waals surface area contributed by atoms with Gasteiger partial charge in [0, 0.05) is 37.4 Å². The molecule has 4 rings (SSSR count). The Kier molecular flexibility index (Phi) is 7.07. The monoisotopic (exact) mass is 462 g/mol. The van der Waals surface area contributed by atoms with E-state index >= 15 is 0 Å². The van der Waals surface area contributed by atoms with Gasteiger partial charge in [0.2, 0.25) is 5.91 Å². The maximum absolute atomic E-state index is 12.8. The highest BCUT2D eigenvalue weighted by Gasteiger charge is 2.33. The van der Waals surface area contributed by atoms with Crippen LogP contribution in [-0.4, -0.2) is 77.6 Å². The Labute approximate surface area is 199 Å². The van der Waals surface area contributed by atoms with Crippen molar-refractivity contribution in [1.29, 1.82) is 0 Å². The molecule has 2 aromatic rings. The van der Waals surface area contributed by atoms with Gasteiger partial charge in [0.25, 0.3) is 17.7 Å². The number of anilines is 1. The molecule has 4 amide bonds. The van der Waals surface area contributed by atoms with Gasteiger partial charge in [-0.3, -0.25) is 29.0 Å². The average molecular weight is 463 g/mol. The number of carbonyl (C=O) groups excluding carboxylic acids is 4. The summed E-state index contributed by atoms with van der Waals surface area (Å²) in [5.41, 5.74) is 1.87. The summed E-state index contributed by atoms with van der Waals surface area (Å²) >= 11 is 0. The van der Waals surface area contributed by atoms with Crippen LogP contribution in [0.4, 0.5) is 5.69 Å². The van der Waals surface area contributed by atoms with Crippen LogP contribution in [0.25, 0.3) is 0 Å². The van der Waals surface area contributed by atoms with Crippen molar-refractivity contribution in [3.05, 3.63) is 65.2 Å². The standard InChI is InChI=1S/C26H30N4O4/c1-3-13-30(20-11-14-29(15-12-20)24(32)18-7-5-4-6-8-18)17-23(31)27-19-9-10-21-22(16-19)26(34)28(2)25(21)33/h4-10,16,20H,3,11-15,17H2,1-2H3,(H,27,31). The number of hydrogen-bond donors (Lipinski definition) is 1. The van der Waals surface area contributed by atoms with Gasteiger partial charge in [-0.05, 0) is 56.1 Å². The molecule has 8 heteroatoms. The van der Waals surface area contributed by atoms with Crippen LogP contribution < -0.4 is 5.32 Å². The third-order valence-electron chi connectivity index (χ3n) is 6.52. The Balaban J connectivity index is 1.35. The lowest BCUT2D eigenvalue weighted by Gasteiger charge is -2.38. The minimum Gasteiger partial charge on any atom is -0.339 e. The van der Waals surface area contributed by atoms with E-state index in [1.807, 2.05) is 35.2 Å². The molecule has 0 radical (unpaired) electrons. The van der Waals surface area contributed by atoms with Gasteiger partial charge in [0.1, 0.15) is 0 Å². The van der Waals surface area contributed by atoms with Crippen molar-refractivity contribution < 1.29 is 19.2 Å². The molecule has 34 heavy (non-hydrogen) atoms. The summed E-state index contributed by atoms with van der Waals surface area (Å²) in [6.07, 6.45) is 2.54. The molecule has 0 unspecified atom stereocenters. The van der Waals surface area contributed by atoms with Crippen LogP contribution in [0, 0.1) is 0 Å². The zero-order valence-electron chi connectivity index (χ0n) is 19.6. The first-order valence-corrected chi connectivity index (χ1v) is 11.7. The summed E-state index contributed by atoms with van der Waals surface area (Å²) in [5, 5.41) is 2.87. The number of amides is 4. The van der Waals surface area contributed by atoms with Crippen LogP contribution in [0.15, 0.2) is 48.5 Å². The summed E-state index contributed by atoms with van der Waals surface area (Å²) in [7, 11) is 1.45. The van der Waals surface area contributed by atoms with Gasteiger partial charge in [0.05, 0.1) is 17.7 Å². The van der Waals surface area contributed by atoms with Crippen LogP contribution in [-0.2, 0) is 4.79 Å². The lowest BCUT2D eigenvalue weighted by Crippen LogP contribution is -2.49. The van der Waals surface area contributed by atoms with Crippen molar-refractivity contribution >= 4 is 29.3 Å². The number of rotatable bonds is 7. The van der Waals surface area contributed by atoms with Crippen molar-refractivity contribution in [1.82, 2.24) is 14.7 Å². The molecule has 0 aromatic heterocycles. The highest BCUT2D eigenvalue weighted by Crippen LogP contribution is 2.25. The van der Waals surface area contributed by atoms with Crippen LogP contribution in [0.1, 0.15) is 57.3 Å². The summed E-state index contributed by atoms with van der Waals surface area (Å²) in [5.74, 6) is -0.806. The second-order valence-electron chi connectivity index (χ2n) is 8.84. The van der Waals surface area contributed by atoms with E-state index < -0.39 is 0 Å². The molecule has 0 spiro atoms. The Morgan fingerprint density at radius 1 is 1.00 bits per heavy atom. The quantitative estimate of drug-likeness (QED) is 0.639. The predicted molar refractivity (Wildman–Crippen MR) is 129 cm³/mol. The molecule has 2 aromatic carbocycles. The molecule has 0 aliphatic carbocycles. The van der Waals surface area contributed by atoms with Crippen molar-refractivity contribution in [2.24, 2.45) is 0 Å². The molecule has 1 N–H and O–H groups in total. The molecule has 0 atom stereocenters. The fraction of sp³-hybridized carbons (Fsp3) is 0.385. The first-order chi connectivity index (χ1) is 16.4. The van der Waals surface area contributed by atoms with Crippen LogP contribution >= 0.6 is 0 Å². The lowest BCUT2D eigenvalue weighted by atomic mass is 10.0. The average Bonchev–Trinajstić information content (AvgIpc) is 3.07. The van der Waals surface area contributed by atoms with Crippen molar-refractivity contribution in [2.75, 3.05) is 38.5 Å². The highest BCUT2D eigenvalue weighted by molar-refractivity contribution is 6.21. The predicted octanol–water partition coefficient (Wildman–Crippen LogP) is 2.87. The van der Waals surface area contributed by atoms with Crippen LogP contribution in [0.5, 0.6) is 0 Å². The first-order valence-electron chi connectivity index (χ1n) is 11.7. The van der Waals surface area contributed by atoms with Gasteiger partial charge in [-0.15, -0.1) is 0 Å². The minimum absolute atomic E-state index is 0.0501. The second kappa shape index (κ2) is 10.2. The molecule has 1 fully saturated rings. The fourth-order valence-corrected chi connectivity index (χ4v) is 4.70. The maximum atomic E-state index is 12.8. The third-order valence-corrected chi connectivity index (χ3v) is 6.52. The Morgan fingerprint density at radius 3 is 2.35 bits per heavy atom. The molecular formula is C26H30N4O4. The van der Waals surface area contributed by atoms with Crippen molar-refractivity contribution in [3.63, 3.8) is 0 Å². The normalized spacial score (nSPS) is 16.2. The Hall–Kier alpha value is -3.52. The van der Waals surface area contributed by atoms with Gasteiger partial charge in [-0.2, -0.15) is 0 Å². The molecule has 2 aliphatic rings. The van der Waals surface area contributed by atoms with E-state index in [0.29, 0.717) is 35.5 Å². The molecule has 1 saturated heterocycles. The Bertz CT molecular complexity index is 1090. The van der Waals surface area contributed by atoms with E-state index in [0.717, 1.165) is 30.7 Å². The van der Waals surface area contributed by atoms with E-state index in [1.165, 1.54) is 7.05 Å². The summed E-state index contributed by atoms with van der Waals surface area (Å²) in [4.78, 5) is 55.0. The summed E-state index contributed by atoms with van der Waals surface area (Å²) in [6, 6.07) is 14.3. The van der Waals surface area contributed by atoms with Gasteiger partial charge < -0.3 is 10.2 Å². The maximum Gasteiger partial charge on any atom is 0.261 e. The lowest BCUT2D eigenvalue weighted by molar-refractivity contribution is -0.118. The van der Waals surface area contributed by atoms with Gasteiger partial charge in [-0.25, -0.2) is 0 Å². The number of carbonyl (C=O) groups is 4. The summed E-state index contributed by atoms with van der Waals surface area (Å²) in [6.45, 7) is 4.42. The van der Waals surface area contributed by atoms with E-state index in [2.05, 4.69) is 17.1 Å². The van der Waals surface area contributed by atoms with Gasteiger partial charge in [0.15, 0.2) is 0 Å². The largest absolute Gasteiger partial charge is 0.339 e. The number of hydrogen-bond acceptors (Lipinski definition) is 5. The molecular weight excluding hydrogens is 432 g/mol. The SMILES string of the molecule is CCCN(CC(=O)Nc1ccc2c(c1)C(=O)N(C)C2=O)C1CCN(C(=O)c2ccccc2)CC1. The first kappa shape index (κ1) is 23.6. The Morgan fingerprint density at radius 2 is 1.68 bits per heavy atom. The van der Waals surface area contributed by atoms with Gasteiger partial charge in [-0.1, -0.05) is 25.1 Å². The van der Waals surface area contributed by atoms with E-state index in [4.69, 9.17) is 0 Å². The smallest absolute Gasteiger partial charge is 0.261 e. The van der Waals surface area contributed by atoms with E-state index in [-0.39, 0.29) is 36.2 Å². The summed E-state index contributed by atoms with van der Waals surface area (Å²) < 4.78 is 0. The number of fused-ring (bicyclic) bond motifs is 1. The number of benzene rings is 2. The number of nitrogens with one attached hydrogen (secondary N) is 1. The zero-order valence-corrected chi connectivity index (χ0v) is 19.6. The van der Waals surface area contributed by atoms with Crippen molar-refractivity contribution in [2.45, 2.75) is 32.2 Å². The highest BCUT2D eigenvalue weighted by atomic mass is 16.2. The van der Waals surface area contributed by atoms with Gasteiger partial charge >= 0.3 is 0 Å². The number of piperidine rings is 1. The molecule has 178 valence electrons. The third kappa shape index (κ3) is 4.87. The topological polar surface area (TPSA) is 90.0 Å².